The maximum Gasteiger partial charge on any atom is 0.552 e. The molecule has 2 aromatic rings. The number of anilines is 2. The Morgan fingerprint density at radius 3 is 2.96 bits per heavy atom. The van der Waals surface area contributed by atoms with Gasteiger partial charge in [-0.3, -0.25) is 9.48 Å². The average Bonchev–Trinajstić information content (AvgIpc) is 3.21. The quantitative estimate of drug-likeness (QED) is 0.722. The molecule has 2 aliphatic rings. The van der Waals surface area contributed by atoms with E-state index in [9.17, 15) is 9.82 Å². The van der Waals surface area contributed by atoms with Gasteiger partial charge >= 0.3 is 7.12 Å². The zero-order valence-corrected chi connectivity index (χ0v) is 15.5. The number of primary amides is 1. The lowest BCUT2D eigenvalue weighted by atomic mass is 9.86. The fourth-order valence-electron chi connectivity index (χ4n) is 3.99. The normalized spacial score (nSPS) is 21.1. The van der Waals surface area contributed by atoms with Gasteiger partial charge in [-0.2, -0.15) is 5.10 Å². The van der Waals surface area contributed by atoms with Crippen molar-refractivity contribution in [3.8, 4) is 5.75 Å². The molecule has 0 radical (unpaired) electrons. The summed E-state index contributed by atoms with van der Waals surface area (Å²) in [7, 11) is -0.930. The third kappa shape index (κ3) is 3.32. The summed E-state index contributed by atoms with van der Waals surface area (Å²) in [6.07, 6.45) is 6.96. The monoisotopic (exact) mass is 366 g/mol. The Morgan fingerprint density at radius 2 is 2.26 bits per heavy atom. The number of hydrogen-bond acceptors (Lipinski definition) is 5. The van der Waals surface area contributed by atoms with Crippen molar-refractivity contribution in [3.05, 3.63) is 41.0 Å². The predicted octanol–water partition coefficient (Wildman–Crippen LogP) is 2.82. The number of carbonyl (C=O) groups excluding carboxylic acids is 1. The van der Waals surface area contributed by atoms with Gasteiger partial charge in [0.1, 0.15) is 11.3 Å². The van der Waals surface area contributed by atoms with Crippen LogP contribution in [0, 0.1) is 12.8 Å². The maximum atomic E-state index is 11.9. The molecule has 8 heteroatoms. The number of nitrogens with two attached hydrogens (primary N) is 1. The van der Waals surface area contributed by atoms with E-state index in [1.807, 2.05) is 29.8 Å². The van der Waals surface area contributed by atoms with Crippen molar-refractivity contribution in [2.75, 3.05) is 5.32 Å². The van der Waals surface area contributed by atoms with Gasteiger partial charge in [-0.05, 0) is 49.4 Å². The topological polar surface area (TPSA) is 102 Å². The summed E-state index contributed by atoms with van der Waals surface area (Å²) in [5.74, 6) is 2.71. The molecular formula is C19H23BN4O3. The molecule has 2 atom stereocenters. The fraction of sp³-hybridized carbons (Fsp3) is 0.368. The molecular weight excluding hydrogens is 343 g/mol. The largest absolute Gasteiger partial charge is 0.552 e. The molecule has 1 saturated carbocycles. The van der Waals surface area contributed by atoms with Gasteiger partial charge in [0.2, 0.25) is 0 Å². The number of aromatic nitrogens is 2. The van der Waals surface area contributed by atoms with Gasteiger partial charge in [0.15, 0.2) is 5.82 Å². The summed E-state index contributed by atoms with van der Waals surface area (Å²) < 4.78 is 7.34. The van der Waals surface area contributed by atoms with Crippen LogP contribution in [0.2, 0.25) is 0 Å². The van der Waals surface area contributed by atoms with Gasteiger partial charge in [0, 0.05) is 17.4 Å². The first kappa shape index (κ1) is 17.7. The van der Waals surface area contributed by atoms with Crippen LogP contribution in [0.4, 0.5) is 11.5 Å². The molecule has 7 nitrogen and oxygen atoms in total. The molecule has 4 rings (SSSR count). The molecule has 4 N–H and O–H groups in total. The first-order valence-electron chi connectivity index (χ1n) is 9.26. The van der Waals surface area contributed by atoms with Crippen molar-refractivity contribution < 1.29 is 14.5 Å². The third-order valence-electron chi connectivity index (χ3n) is 5.40. The molecule has 27 heavy (non-hydrogen) atoms. The van der Waals surface area contributed by atoms with Crippen molar-refractivity contribution in [1.82, 2.24) is 9.78 Å². The SMILES string of the molecule is Cc1cc(Nc2nn([C@H]3CCC[C@@H]3C)cc2C(N)=O)cc2c1OB(O)C=C2. The first-order valence-corrected chi connectivity index (χ1v) is 9.26. The summed E-state index contributed by atoms with van der Waals surface area (Å²) in [4.78, 5) is 11.9. The standard InChI is InChI=1S/C19H23BN4O3/c1-11-4-3-5-16(11)24-10-15(18(21)25)19(23-24)22-14-8-12(2)17-13(9-14)6-7-20(26)27-17/h6-11,16,26H,3-5H2,1-2H3,(H2,21,25)(H,22,23)/t11-,16-/m0/s1. The molecule has 1 aliphatic carbocycles. The highest BCUT2D eigenvalue weighted by Crippen LogP contribution is 2.37. The highest BCUT2D eigenvalue weighted by atomic mass is 16.5. The number of nitrogens with zero attached hydrogens (tertiary/aromatic N) is 2. The van der Waals surface area contributed by atoms with Crippen LogP contribution in [0.15, 0.2) is 24.3 Å². The van der Waals surface area contributed by atoms with Gasteiger partial charge in [-0.15, -0.1) is 0 Å². The lowest BCUT2D eigenvalue weighted by molar-refractivity contribution is 0.100. The van der Waals surface area contributed by atoms with E-state index in [0.29, 0.717) is 29.1 Å². The zero-order valence-electron chi connectivity index (χ0n) is 15.5. The Morgan fingerprint density at radius 1 is 1.44 bits per heavy atom. The first-order chi connectivity index (χ1) is 12.9. The second-order valence-electron chi connectivity index (χ2n) is 7.42. The molecule has 0 spiro atoms. The van der Waals surface area contributed by atoms with Gasteiger partial charge in [0.25, 0.3) is 5.91 Å². The van der Waals surface area contributed by atoms with Crippen LogP contribution in [0.25, 0.3) is 6.08 Å². The maximum absolute atomic E-state index is 11.9. The number of fused-ring (bicyclic) bond motifs is 1. The predicted molar refractivity (Wildman–Crippen MR) is 105 cm³/mol. The molecule has 0 saturated heterocycles. The molecule has 1 fully saturated rings. The van der Waals surface area contributed by atoms with E-state index in [4.69, 9.17) is 10.4 Å². The summed E-state index contributed by atoms with van der Waals surface area (Å²) in [6, 6.07) is 4.08. The van der Waals surface area contributed by atoms with Crippen molar-refractivity contribution in [1.29, 1.82) is 0 Å². The summed E-state index contributed by atoms with van der Waals surface area (Å²) in [5, 5.41) is 17.5. The van der Waals surface area contributed by atoms with Crippen LogP contribution in [0.3, 0.4) is 0 Å². The lowest BCUT2D eigenvalue weighted by Gasteiger charge is -2.19. The Kier molecular flexibility index (Phi) is 4.43. The van der Waals surface area contributed by atoms with Gasteiger partial charge in [0.05, 0.1) is 6.04 Å². The Labute approximate surface area is 158 Å². The third-order valence-corrected chi connectivity index (χ3v) is 5.40. The number of carbonyl (C=O) groups is 1. The number of nitrogens with one attached hydrogen (secondary N) is 1. The van der Waals surface area contributed by atoms with Crippen LogP contribution in [0.1, 0.15) is 53.7 Å². The van der Waals surface area contributed by atoms with Crippen molar-refractivity contribution in [2.24, 2.45) is 11.7 Å². The molecule has 1 aliphatic heterocycles. The minimum atomic E-state index is -0.930. The van der Waals surface area contributed by atoms with Crippen molar-refractivity contribution in [3.63, 3.8) is 0 Å². The summed E-state index contributed by atoms with van der Waals surface area (Å²) in [5.41, 5.74) is 8.47. The van der Waals surface area contributed by atoms with E-state index >= 15 is 0 Å². The lowest BCUT2D eigenvalue weighted by Crippen LogP contribution is -2.22. The van der Waals surface area contributed by atoms with E-state index in [2.05, 4.69) is 17.3 Å². The van der Waals surface area contributed by atoms with Crippen LogP contribution < -0.4 is 15.7 Å². The number of benzene rings is 1. The highest BCUT2D eigenvalue weighted by Gasteiger charge is 2.28. The Hall–Kier alpha value is -2.74. The fourth-order valence-corrected chi connectivity index (χ4v) is 3.99. The van der Waals surface area contributed by atoms with Crippen molar-refractivity contribution in [2.45, 2.75) is 39.2 Å². The van der Waals surface area contributed by atoms with Crippen LogP contribution >= 0.6 is 0 Å². The van der Waals surface area contributed by atoms with Gasteiger partial charge in [-0.25, -0.2) is 0 Å². The number of hydrogen-bond donors (Lipinski definition) is 3. The second-order valence-corrected chi connectivity index (χ2v) is 7.42. The van der Waals surface area contributed by atoms with E-state index in [1.165, 1.54) is 12.8 Å². The number of aryl methyl sites for hydroxylation is 1. The van der Waals surface area contributed by atoms with Gasteiger partial charge < -0.3 is 20.7 Å². The highest BCUT2D eigenvalue weighted by molar-refractivity contribution is 6.51. The Bertz CT molecular complexity index is 924. The van der Waals surface area contributed by atoms with E-state index < -0.39 is 13.0 Å². The number of amides is 1. The van der Waals surface area contributed by atoms with Crippen LogP contribution in [-0.2, 0) is 0 Å². The van der Waals surface area contributed by atoms with E-state index in [1.54, 1.807) is 12.2 Å². The molecule has 0 bridgehead atoms. The summed E-state index contributed by atoms with van der Waals surface area (Å²) >= 11 is 0. The zero-order chi connectivity index (χ0) is 19.1. The minimum Gasteiger partial charge on any atom is -0.532 e. The second kappa shape index (κ2) is 6.77. The average molecular weight is 366 g/mol. The molecule has 1 aromatic heterocycles. The minimum absolute atomic E-state index is 0.293. The van der Waals surface area contributed by atoms with Gasteiger partial charge in [-0.1, -0.05) is 19.4 Å². The van der Waals surface area contributed by atoms with E-state index in [0.717, 1.165) is 23.2 Å². The molecule has 0 unspecified atom stereocenters. The smallest absolute Gasteiger partial charge is 0.532 e. The van der Waals surface area contributed by atoms with E-state index in [-0.39, 0.29) is 0 Å². The Balaban J connectivity index is 1.67. The van der Waals surface area contributed by atoms with Crippen LogP contribution in [-0.4, -0.2) is 27.8 Å². The molecule has 140 valence electrons. The summed E-state index contributed by atoms with van der Waals surface area (Å²) in [6.45, 7) is 4.12. The molecule has 1 aromatic carbocycles. The molecule has 1 amide bonds. The number of rotatable bonds is 4. The molecule has 2 heterocycles. The van der Waals surface area contributed by atoms with Crippen LogP contribution in [0.5, 0.6) is 5.75 Å². The van der Waals surface area contributed by atoms with Crippen molar-refractivity contribution >= 4 is 30.6 Å².